The summed E-state index contributed by atoms with van der Waals surface area (Å²) < 4.78 is 1.80. The van der Waals surface area contributed by atoms with Gasteiger partial charge in [0.2, 0.25) is 0 Å². The Kier molecular flexibility index (Phi) is 2.83. The molecule has 0 saturated heterocycles. The predicted molar refractivity (Wildman–Crippen MR) is 73.8 cm³/mol. The predicted octanol–water partition coefficient (Wildman–Crippen LogP) is 2.00. The van der Waals surface area contributed by atoms with E-state index in [1.807, 2.05) is 6.92 Å². The van der Waals surface area contributed by atoms with Crippen LogP contribution in [0.4, 0.5) is 5.69 Å². The van der Waals surface area contributed by atoms with Crippen molar-refractivity contribution in [3.05, 3.63) is 54.0 Å². The van der Waals surface area contributed by atoms with Crippen LogP contribution in [0.25, 0.3) is 5.65 Å². The van der Waals surface area contributed by atoms with E-state index >= 15 is 0 Å². The lowest BCUT2D eigenvalue weighted by Gasteiger charge is -2.05. The summed E-state index contributed by atoms with van der Waals surface area (Å²) in [6.45, 7) is 1.84. The van der Waals surface area contributed by atoms with E-state index in [0.717, 1.165) is 5.82 Å². The number of pyridine rings is 1. The Morgan fingerprint density at radius 1 is 1.20 bits per heavy atom. The van der Waals surface area contributed by atoms with Gasteiger partial charge in [-0.2, -0.15) is 0 Å². The van der Waals surface area contributed by atoms with Crippen molar-refractivity contribution in [2.45, 2.75) is 6.92 Å². The van der Waals surface area contributed by atoms with E-state index in [1.54, 1.807) is 34.9 Å². The Balaban J connectivity index is 1.86. The third-order valence-electron chi connectivity index (χ3n) is 2.97. The van der Waals surface area contributed by atoms with Gasteiger partial charge in [0.05, 0.1) is 0 Å². The summed E-state index contributed by atoms with van der Waals surface area (Å²) in [7, 11) is 0. The number of carbonyl (C=O) groups excluding carboxylic acids is 1. The van der Waals surface area contributed by atoms with Gasteiger partial charge in [0, 0.05) is 17.4 Å². The maximum Gasteiger partial charge on any atom is 0.255 e. The molecule has 3 rings (SSSR count). The summed E-state index contributed by atoms with van der Waals surface area (Å²) >= 11 is 0. The lowest BCUT2D eigenvalue weighted by atomic mass is 10.2. The van der Waals surface area contributed by atoms with Crippen LogP contribution in [0.5, 0.6) is 5.75 Å². The van der Waals surface area contributed by atoms with Crippen molar-refractivity contribution in [3.63, 3.8) is 0 Å². The van der Waals surface area contributed by atoms with Crippen LogP contribution in [0, 0.1) is 6.92 Å². The molecule has 100 valence electrons. The molecule has 2 aromatic heterocycles. The summed E-state index contributed by atoms with van der Waals surface area (Å²) in [5.74, 6) is 0.688. The molecule has 0 aliphatic carbocycles. The summed E-state index contributed by atoms with van der Waals surface area (Å²) in [6, 6.07) is 9.68. The fourth-order valence-electron chi connectivity index (χ4n) is 1.90. The lowest BCUT2D eigenvalue weighted by molar-refractivity contribution is 0.102. The number of aromatic nitrogens is 3. The second kappa shape index (κ2) is 4.65. The van der Waals surface area contributed by atoms with E-state index in [4.69, 9.17) is 0 Å². The van der Waals surface area contributed by atoms with E-state index < -0.39 is 0 Å². The first-order valence-electron chi connectivity index (χ1n) is 6.05. The van der Waals surface area contributed by atoms with Crippen LogP contribution < -0.4 is 5.32 Å². The number of carbonyl (C=O) groups is 1. The van der Waals surface area contributed by atoms with Crippen molar-refractivity contribution in [1.29, 1.82) is 0 Å². The number of benzene rings is 1. The molecule has 0 aliphatic rings. The average molecular weight is 268 g/mol. The molecule has 0 saturated carbocycles. The standard InChI is InChI=1S/C14H12N4O2/c1-9-16-17-13-8-10(6-7-18(9)13)14(20)15-11-2-4-12(19)5-3-11/h2-8,19H,1H3,(H,15,20). The Bertz CT molecular complexity index is 777. The van der Waals surface area contributed by atoms with Crippen molar-refractivity contribution in [3.8, 4) is 5.75 Å². The molecular formula is C14H12N4O2. The first-order valence-corrected chi connectivity index (χ1v) is 6.05. The van der Waals surface area contributed by atoms with Gasteiger partial charge in [-0.05, 0) is 43.3 Å². The maximum absolute atomic E-state index is 12.1. The highest BCUT2D eigenvalue weighted by atomic mass is 16.3. The Labute approximate surface area is 114 Å². The largest absolute Gasteiger partial charge is 0.508 e. The number of aryl methyl sites for hydroxylation is 1. The van der Waals surface area contributed by atoms with Crippen LogP contribution >= 0.6 is 0 Å². The molecule has 1 amide bonds. The first kappa shape index (κ1) is 12.2. The highest BCUT2D eigenvalue weighted by Crippen LogP contribution is 2.15. The molecule has 6 heteroatoms. The minimum atomic E-state index is -0.237. The van der Waals surface area contributed by atoms with Crippen LogP contribution in [0.2, 0.25) is 0 Å². The van der Waals surface area contributed by atoms with Crippen LogP contribution in [0.3, 0.4) is 0 Å². The highest BCUT2D eigenvalue weighted by molar-refractivity contribution is 6.04. The quantitative estimate of drug-likeness (QED) is 0.697. The molecule has 0 aliphatic heterocycles. The number of hydrogen-bond acceptors (Lipinski definition) is 4. The molecule has 3 aromatic rings. The van der Waals surface area contributed by atoms with Crippen molar-refractivity contribution in [1.82, 2.24) is 14.6 Å². The minimum absolute atomic E-state index is 0.156. The van der Waals surface area contributed by atoms with Crippen molar-refractivity contribution >= 4 is 17.2 Å². The SMILES string of the molecule is Cc1nnc2cc(C(=O)Nc3ccc(O)cc3)ccn12. The highest BCUT2D eigenvalue weighted by Gasteiger charge is 2.09. The van der Waals surface area contributed by atoms with E-state index in [-0.39, 0.29) is 11.7 Å². The van der Waals surface area contributed by atoms with E-state index in [2.05, 4.69) is 15.5 Å². The molecule has 1 aromatic carbocycles. The van der Waals surface area contributed by atoms with Crippen molar-refractivity contribution < 1.29 is 9.90 Å². The second-order valence-corrected chi connectivity index (χ2v) is 4.39. The topological polar surface area (TPSA) is 79.5 Å². The van der Waals surface area contributed by atoms with Gasteiger partial charge in [0.15, 0.2) is 5.65 Å². The molecule has 6 nitrogen and oxygen atoms in total. The molecule has 0 spiro atoms. The zero-order valence-corrected chi connectivity index (χ0v) is 10.7. The number of phenols is 1. The number of hydrogen-bond donors (Lipinski definition) is 2. The summed E-state index contributed by atoms with van der Waals surface area (Å²) in [5, 5.41) is 19.9. The number of nitrogens with one attached hydrogen (secondary N) is 1. The number of fused-ring (bicyclic) bond motifs is 1. The average Bonchev–Trinajstić information content (AvgIpc) is 2.82. The fraction of sp³-hybridized carbons (Fsp3) is 0.0714. The molecule has 20 heavy (non-hydrogen) atoms. The van der Waals surface area contributed by atoms with Gasteiger partial charge < -0.3 is 10.4 Å². The van der Waals surface area contributed by atoms with Crippen LogP contribution in [-0.4, -0.2) is 25.6 Å². The van der Waals surface area contributed by atoms with E-state index in [1.165, 1.54) is 12.1 Å². The molecule has 2 heterocycles. The number of aromatic hydroxyl groups is 1. The first-order chi connectivity index (χ1) is 9.63. The third kappa shape index (κ3) is 2.18. The van der Waals surface area contributed by atoms with Gasteiger partial charge in [0.25, 0.3) is 5.91 Å². The van der Waals surface area contributed by atoms with Gasteiger partial charge in [-0.15, -0.1) is 10.2 Å². The van der Waals surface area contributed by atoms with E-state index in [9.17, 15) is 9.90 Å². The molecule has 0 radical (unpaired) electrons. The number of anilines is 1. The van der Waals surface area contributed by atoms with E-state index in [0.29, 0.717) is 16.9 Å². The number of nitrogens with zero attached hydrogens (tertiary/aromatic N) is 3. The number of phenolic OH excluding ortho intramolecular Hbond substituents is 1. The van der Waals surface area contributed by atoms with Crippen LogP contribution in [0.1, 0.15) is 16.2 Å². The molecule has 0 unspecified atom stereocenters. The third-order valence-corrected chi connectivity index (χ3v) is 2.97. The Hall–Kier alpha value is -2.89. The summed E-state index contributed by atoms with van der Waals surface area (Å²) in [6.07, 6.45) is 1.76. The molecule has 0 atom stereocenters. The lowest BCUT2D eigenvalue weighted by Crippen LogP contribution is -2.12. The zero-order chi connectivity index (χ0) is 14.1. The van der Waals surface area contributed by atoms with Crippen LogP contribution in [-0.2, 0) is 0 Å². The normalized spacial score (nSPS) is 10.7. The van der Waals surface area contributed by atoms with Gasteiger partial charge in [-0.3, -0.25) is 9.20 Å². The maximum atomic E-state index is 12.1. The van der Waals surface area contributed by atoms with Gasteiger partial charge in [-0.25, -0.2) is 0 Å². The zero-order valence-electron chi connectivity index (χ0n) is 10.7. The monoisotopic (exact) mass is 268 g/mol. The van der Waals surface area contributed by atoms with Gasteiger partial charge in [-0.1, -0.05) is 0 Å². The van der Waals surface area contributed by atoms with Crippen molar-refractivity contribution in [2.24, 2.45) is 0 Å². The second-order valence-electron chi connectivity index (χ2n) is 4.39. The van der Waals surface area contributed by atoms with Crippen LogP contribution in [0.15, 0.2) is 42.6 Å². The van der Waals surface area contributed by atoms with Crippen molar-refractivity contribution in [2.75, 3.05) is 5.32 Å². The smallest absolute Gasteiger partial charge is 0.255 e. The number of amides is 1. The summed E-state index contributed by atoms with van der Waals surface area (Å²) in [4.78, 5) is 12.1. The summed E-state index contributed by atoms with van der Waals surface area (Å²) in [5.41, 5.74) is 1.74. The molecular weight excluding hydrogens is 256 g/mol. The fourth-order valence-corrected chi connectivity index (χ4v) is 1.90. The van der Waals surface area contributed by atoms with Gasteiger partial charge in [0.1, 0.15) is 11.6 Å². The molecule has 0 bridgehead atoms. The van der Waals surface area contributed by atoms with Gasteiger partial charge >= 0.3 is 0 Å². The Morgan fingerprint density at radius 3 is 2.70 bits per heavy atom. The molecule has 0 fully saturated rings. The Morgan fingerprint density at radius 2 is 1.95 bits per heavy atom. The minimum Gasteiger partial charge on any atom is -0.508 e. The molecule has 2 N–H and O–H groups in total. The number of rotatable bonds is 2.